The van der Waals surface area contributed by atoms with Gasteiger partial charge >= 0.3 is 0 Å². The molecule has 0 saturated carbocycles. The van der Waals surface area contributed by atoms with Gasteiger partial charge in [-0.25, -0.2) is 0 Å². The van der Waals surface area contributed by atoms with Gasteiger partial charge in [0.2, 0.25) is 0 Å². The maximum absolute atomic E-state index is 5.15. The van der Waals surface area contributed by atoms with Crippen LogP contribution in [0.2, 0.25) is 0 Å². The molecule has 1 unspecified atom stereocenters. The summed E-state index contributed by atoms with van der Waals surface area (Å²) in [5, 5.41) is 0. The van der Waals surface area contributed by atoms with Gasteiger partial charge in [-0.05, 0) is 99.5 Å². The molecule has 1 aromatic rings. The van der Waals surface area contributed by atoms with Crippen molar-refractivity contribution in [3.05, 3.63) is 137 Å². The molecule has 0 aromatic heterocycles. The first-order valence-electron chi connectivity index (χ1n) is 13.3. The SMILES string of the molecule is C=C(/C=C\C=C/CC)c1cccc(C(=C)N=C(C=C(C)C)C2(C)C=C=CC(C3=CCCC=C3)=CC2)c1C. The van der Waals surface area contributed by atoms with Crippen LogP contribution < -0.4 is 0 Å². The summed E-state index contributed by atoms with van der Waals surface area (Å²) in [6.45, 7) is 19.4. The van der Waals surface area contributed by atoms with Gasteiger partial charge in [-0.1, -0.05) is 92.5 Å². The van der Waals surface area contributed by atoms with Gasteiger partial charge in [0.25, 0.3) is 0 Å². The third kappa shape index (κ3) is 7.42. The normalized spacial score (nSPS) is 19.6. The van der Waals surface area contributed by atoms with Crippen LogP contribution in [0.4, 0.5) is 0 Å². The zero-order chi connectivity index (χ0) is 26.8. The summed E-state index contributed by atoms with van der Waals surface area (Å²) in [6, 6.07) is 6.28. The van der Waals surface area contributed by atoms with Crippen molar-refractivity contribution in [2.75, 3.05) is 0 Å². The summed E-state index contributed by atoms with van der Waals surface area (Å²) in [6.07, 6.45) is 27.9. The Labute approximate surface area is 224 Å². The van der Waals surface area contributed by atoms with Crippen molar-refractivity contribution in [3.63, 3.8) is 0 Å². The Morgan fingerprint density at radius 3 is 2.57 bits per heavy atom. The molecule has 0 bridgehead atoms. The van der Waals surface area contributed by atoms with Crippen molar-refractivity contribution in [1.29, 1.82) is 0 Å². The Morgan fingerprint density at radius 2 is 1.86 bits per heavy atom. The average Bonchev–Trinajstić information content (AvgIpc) is 3.09. The lowest BCUT2D eigenvalue weighted by Gasteiger charge is -2.25. The molecule has 0 spiro atoms. The van der Waals surface area contributed by atoms with Crippen LogP contribution in [0.5, 0.6) is 0 Å². The smallest absolute Gasteiger partial charge is 0.0636 e. The van der Waals surface area contributed by atoms with Crippen LogP contribution in [0.25, 0.3) is 11.3 Å². The second-order valence-corrected chi connectivity index (χ2v) is 10.2. The van der Waals surface area contributed by atoms with E-state index < -0.39 is 0 Å². The highest BCUT2D eigenvalue weighted by Gasteiger charge is 2.27. The summed E-state index contributed by atoms with van der Waals surface area (Å²) in [5.41, 5.74) is 12.9. The number of hydrogen-bond donors (Lipinski definition) is 0. The lowest BCUT2D eigenvalue weighted by Crippen LogP contribution is -2.24. The van der Waals surface area contributed by atoms with E-state index in [1.165, 1.54) is 16.7 Å². The predicted octanol–water partition coefficient (Wildman–Crippen LogP) is 10.2. The molecule has 0 saturated heterocycles. The highest BCUT2D eigenvalue weighted by Crippen LogP contribution is 2.34. The molecule has 1 aromatic carbocycles. The lowest BCUT2D eigenvalue weighted by atomic mass is 9.80. The van der Waals surface area contributed by atoms with E-state index in [1.807, 2.05) is 6.08 Å². The van der Waals surface area contributed by atoms with Crippen molar-refractivity contribution in [2.45, 2.75) is 60.3 Å². The van der Waals surface area contributed by atoms with Crippen molar-refractivity contribution in [3.8, 4) is 0 Å². The molecule has 190 valence electrons. The van der Waals surface area contributed by atoms with Gasteiger partial charge in [0, 0.05) is 11.0 Å². The van der Waals surface area contributed by atoms with E-state index in [0.717, 1.165) is 59.4 Å². The molecule has 1 heteroatoms. The molecule has 37 heavy (non-hydrogen) atoms. The van der Waals surface area contributed by atoms with Crippen molar-refractivity contribution in [1.82, 2.24) is 0 Å². The Balaban J connectivity index is 1.96. The summed E-state index contributed by atoms with van der Waals surface area (Å²) >= 11 is 0. The summed E-state index contributed by atoms with van der Waals surface area (Å²) in [5.74, 6) is 0. The molecule has 0 aliphatic heterocycles. The summed E-state index contributed by atoms with van der Waals surface area (Å²) < 4.78 is 0. The summed E-state index contributed by atoms with van der Waals surface area (Å²) in [4.78, 5) is 5.15. The van der Waals surface area contributed by atoms with Crippen LogP contribution >= 0.6 is 0 Å². The van der Waals surface area contributed by atoms with Gasteiger partial charge in [-0.15, -0.1) is 5.73 Å². The Morgan fingerprint density at radius 1 is 1.08 bits per heavy atom. The van der Waals surface area contributed by atoms with E-state index in [0.29, 0.717) is 0 Å². The van der Waals surface area contributed by atoms with Crippen LogP contribution in [-0.2, 0) is 0 Å². The van der Waals surface area contributed by atoms with Crippen LogP contribution in [0, 0.1) is 12.3 Å². The molecule has 2 aliphatic rings. The minimum absolute atomic E-state index is 0.291. The number of benzene rings is 1. The predicted molar refractivity (Wildman–Crippen MR) is 165 cm³/mol. The van der Waals surface area contributed by atoms with Gasteiger partial charge in [-0.3, -0.25) is 4.99 Å². The quantitative estimate of drug-likeness (QED) is 0.187. The second-order valence-electron chi connectivity index (χ2n) is 10.2. The molecule has 3 rings (SSSR count). The van der Waals surface area contributed by atoms with Gasteiger partial charge in [0.1, 0.15) is 0 Å². The number of rotatable bonds is 9. The van der Waals surface area contributed by atoms with Crippen molar-refractivity contribution in [2.24, 2.45) is 10.4 Å². The third-order valence-electron chi connectivity index (χ3n) is 6.75. The fraction of sp³-hybridized carbons (Fsp3) is 0.278. The molecule has 0 amide bonds. The van der Waals surface area contributed by atoms with E-state index in [4.69, 9.17) is 4.99 Å². The molecule has 0 fully saturated rings. The van der Waals surface area contributed by atoms with Crippen LogP contribution in [-0.4, -0.2) is 5.71 Å². The highest BCUT2D eigenvalue weighted by atomic mass is 14.8. The van der Waals surface area contributed by atoms with Gasteiger partial charge in [0.15, 0.2) is 0 Å². The Kier molecular flexibility index (Phi) is 9.84. The fourth-order valence-corrected chi connectivity index (χ4v) is 4.54. The topological polar surface area (TPSA) is 12.4 Å². The first-order valence-corrected chi connectivity index (χ1v) is 13.3. The maximum atomic E-state index is 5.15. The molecule has 0 N–H and O–H groups in total. The molecule has 1 atom stereocenters. The van der Waals surface area contributed by atoms with E-state index in [-0.39, 0.29) is 5.41 Å². The van der Waals surface area contributed by atoms with Crippen LogP contribution in [0.3, 0.4) is 0 Å². The number of aliphatic imine (C=N–C) groups is 1. The number of hydrogen-bond acceptors (Lipinski definition) is 1. The Hall–Kier alpha value is -3.67. The lowest BCUT2D eigenvalue weighted by molar-refractivity contribution is 0.611. The minimum Gasteiger partial charge on any atom is -0.253 e. The highest BCUT2D eigenvalue weighted by molar-refractivity contribution is 6.04. The summed E-state index contributed by atoms with van der Waals surface area (Å²) in [7, 11) is 0. The minimum atomic E-state index is -0.291. The molecular formula is C36H41N. The van der Waals surface area contributed by atoms with Crippen LogP contribution in [0.1, 0.15) is 70.1 Å². The monoisotopic (exact) mass is 487 g/mol. The second kappa shape index (κ2) is 13.0. The molecule has 0 radical (unpaired) electrons. The molecule has 1 nitrogen and oxygen atoms in total. The van der Waals surface area contributed by atoms with Gasteiger partial charge in [-0.2, -0.15) is 0 Å². The zero-order valence-electron chi connectivity index (χ0n) is 23.3. The largest absolute Gasteiger partial charge is 0.253 e. The van der Waals surface area contributed by atoms with E-state index in [9.17, 15) is 0 Å². The first kappa shape index (κ1) is 27.9. The van der Waals surface area contributed by atoms with Crippen LogP contribution in [0.15, 0.2) is 126 Å². The number of nitrogens with zero attached hydrogens (tertiary/aromatic N) is 1. The Bertz CT molecular complexity index is 1320. The van der Waals surface area contributed by atoms with Crippen molar-refractivity contribution >= 4 is 17.0 Å². The number of allylic oxidation sites excluding steroid dienone is 14. The zero-order valence-corrected chi connectivity index (χ0v) is 23.3. The average molecular weight is 488 g/mol. The molecule has 0 heterocycles. The maximum Gasteiger partial charge on any atom is 0.0636 e. The first-order chi connectivity index (χ1) is 17.7. The van der Waals surface area contributed by atoms with Crippen molar-refractivity contribution < 1.29 is 0 Å². The molecule has 2 aliphatic carbocycles. The standard InChI is InChI=1S/C36H41N/c1-8-9-10-12-17-28(4)33-21-15-22-34(29(33)5)30(6)37-35(26-27(2)3)36(7)24-16-20-32(23-25-36)31-18-13-11-14-19-31/h9-10,12-13,15,17-24,26H,4,6,8,11,14,25H2,1-3,5,7H3/b10-9-,17-12-,37-35?. The van der Waals surface area contributed by atoms with E-state index in [2.05, 4.69) is 132 Å². The fourth-order valence-electron chi connectivity index (χ4n) is 4.54. The van der Waals surface area contributed by atoms with E-state index >= 15 is 0 Å². The van der Waals surface area contributed by atoms with Gasteiger partial charge in [0.05, 0.1) is 11.4 Å². The van der Waals surface area contributed by atoms with Gasteiger partial charge < -0.3 is 0 Å². The van der Waals surface area contributed by atoms with E-state index in [1.54, 1.807) is 0 Å². The molecular weight excluding hydrogens is 446 g/mol. The third-order valence-corrected chi connectivity index (χ3v) is 6.75.